The van der Waals surface area contributed by atoms with Crippen LogP contribution in [-0.4, -0.2) is 0 Å². The van der Waals surface area contributed by atoms with Crippen molar-refractivity contribution in [1.29, 1.82) is 0 Å². The minimum absolute atomic E-state index is 0.155. The van der Waals surface area contributed by atoms with Crippen LogP contribution in [0.5, 0.6) is 0 Å². The number of hydrogen-bond acceptors (Lipinski definition) is 0. The van der Waals surface area contributed by atoms with Gasteiger partial charge in [0, 0.05) is 0 Å². The third-order valence-corrected chi connectivity index (χ3v) is 9.88. The fourth-order valence-electron chi connectivity index (χ4n) is 7.54. The summed E-state index contributed by atoms with van der Waals surface area (Å²) in [7, 11) is 0. The van der Waals surface area contributed by atoms with Gasteiger partial charge in [-0.1, -0.05) is 141 Å². The molecule has 222 valence electrons. The molecule has 2 aliphatic carbocycles. The second-order valence-corrected chi connectivity index (χ2v) is 14.4. The van der Waals surface area contributed by atoms with Gasteiger partial charge in [0.25, 0.3) is 0 Å². The zero-order valence-corrected chi connectivity index (χ0v) is 27.5. The summed E-state index contributed by atoms with van der Waals surface area (Å²) < 4.78 is 0. The maximum Gasteiger partial charge on any atom is -0.00200 e. The molecule has 0 aliphatic heterocycles. The van der Waals surface area contributed by atoms with Crippen molar-refractivity contribution in [2.75, 3.05) is 0 Å². The minimum atomic E-state index is 0.155. The van der Waals surface area contributed by atoms with Crippen molar-refractivity contribution in [3.05, 3.63) is 105 Å². The van der Waals surface area contributed by atoms with Gasteiger partial charge in [0.1, 0.15) is 0 Å². The van der Waals surface area contributed by atoms with Crippen LogP contribution >= 0.6 is 0 Å². The molecule has 5 rings (SSSR count). The van der Waals surface area contributed by atoms with Gasteiger partial charge in [-0.25, -0.2) is 0 Å². The van der Waals surface area contributed by atoms with E-state index in [4.69, 9.17) is 0 Å². The summed E-state index contributed by atoms with van der Waals surface area (Å²) in [6.07, 6.45) is 17.6. The topological polar surface area (TPSA) is 0 Å². The lowest BCUT2D eigenvalue weighted by atomic mass is 9.79. The van der Waals surface area contributed by atoms with Gasteiger partial charge in [0.2, 0.25) is 0 Å². The fourth-order valence-corrected chi connectivity index (χ4v) is 7.54. The summed E-state index contributed by atoms with van der Waals surface area (Å²) in [5.74, 6) is 1.82. The Kier molecular flexibility index (Phi) is 11.3. The molecule has 0 amide bonds. The van der Waals surface area contributed by atoms with E-state index in [0.717, 1.165) is 31.1 Å². The van der Waals surface area contributed by atoms with Crippen LogP contribution in [0.25, 0.3) is 0 Å². The van der Waals surface area contributed by atoms with Crippen LogP contribution in [0.1, 0.15) is 155 Å². The fraction of sp³-hybridized carbons (Fsp3) is 0.561. The Hall–Kier alpha value is -2.34. The molecule has 0 bridgehead atoms. The lowest BCUT2D eigenvalue weighted by molar-refractivity contribution is 0.385. The van der Waals surface area contributed by atoms with Crippen molar-refractivity contribution in [1.82, 2.24) is 0 Å². The highest BCUT2D eigenvalue weighted by Gasteiger charge is 2.21. The average Bonchev–Trinajstić information content (AvgIpc) is 2.95. The molecule has 2 aliphatic rings. The first kappa shape index (κ1) is 31.6. The molecule has 0 saturated heterocycles. The SMILES string of the molecule is CC1CCCCC1.CCc1cc(C2CCCCC2)ccc1Cc1ccc(C)c(Cc2cccc(C)c2C(C)(C)C)c1. The lowest BCUT2D eigenvalue weighted by Gasteiger charge is -2.26. The maximum atomic E-state index is 2.53. The van der Waals surface area contributed by atoms with Crippen LogP contribution in [0.4, 0.5) is 0 Å². The smallest absolute Gasteiger partial charge is 0.00200 e. The van der Waals surface area contributed by atoms with Crippen molar-refractivity contribution in [2.45, 2.75) is 143 Å². The molecule has 0 nitrogen and oxygen atoms in total. The Bertz CT molecular complexity index is 1240. The Balaban J connectivity index is 0.000000483. The van der Waals surface area contributed by atoms with Gasteiger partial charge in [-0.3, -0.25) is 0 Å². The van der Waals surface area contributed by atoms with E-state index in [-0.39, 0.29) is 5.41 Å². The van der Waals surface area contributed by atoms with Crippen molar-refractivity contribution < 1.29 is 0 Å². The summed E-state index contributed by atoms with van der Waals surface area (Å²) >= 11 is 0. The van der Waals surface area contributed by atoms with Crippen LogP contribution in [0, 0.1) is 19.8 Å². The molecule has 41 heavy (non-hydrogen) atoms. The molecule has 0 heteroatoms. The minimum Gasteiger partial charge on any atom is -0.0625 e. The quantitative estimate of drug-likeness (QED) is 0.286. The van der Waals surface area contributed by atoms with Gasteiger partial charge in [-0.2, -0.15) is 0 Å². The highest BCUT2D eigenvalue weighted by Crippen LogP contribution is 2.34. The van der Waals surface area contributed by atoms with E-state index in [2.05, 4.69) is 103 Å². The van der Waals surface area contributed by atoms with E-state index >= 15 is 0 Å². The summed E-state index contributed by atoms with van der Waals surface area (Å²) in [5.41, 5.74) is 13.5. The molecule has 3 aromatic rings. The van der Waals surface area contributed by atoms with Gasteiger partial charge >= 0.3 is 0 Å². The molecule has 0 unspecified atom stereocenters. The standard InChI is InChI=1S/C34H44.C7H14/c1-7-27-22-30(28-13-9-8-10-14-28)19-18-29(27)20-26-17-16-24(2)32(21-26)23-31-15-11-12-25(3)33(31)34(4,5)6;1-7-5-3-2-4-6-7/h11-12,15-19,21-22,28H,7-10,13-14,20,23H2,1-6H3;7H,2-6H2,1H3. The first-order valence-electron chi connectivity index (χ1n) is 16.9. The van der Waals surface area contributed by atoms with Crippen LogP contribution in [0.3, 0.4) is 0 Å². The average molecular weight is 551 g/mol. The Morgan fingerprint density at radius 3 is 1.93 bits per heavy atom. The molecule has 0 heterocycles. The molecular formula is C41H58. The number of hydrogen-bond donors (Lipinski definition) is 0. The lowest BCUT2D eigenvalue weighted by Crippen LogP contribution is -2.16. The van der Waals surface area contributed by atoms with Crippen molar-refractivity contribution in [2.24, 2.45) is 5.92 Å². The molecule has 0 atom stereocenters. The number of benzene rings is 3. The number of rotatable bonds is 6. The van der Waals surface area contributed by atoms with Crippen LogP contribution in [0.2, 0.25) is 0 Å². The summed E-state index contributed by atoms with van der Waals surface area (Å²) in [6.45, 7) is 16.2. The molecule has 0 radical (unpaired) electrons. The van der Waals surface area contributed by atoms with Crippen LogP contribution in [-0.2, 0) is 24.7 Å². The second kappa shape index (κ2) is 14.7. The first-order chi connectivity index (χ1) is 19.7. The molecule has 0 spiro atoms. The molecule has 2 saturated carbocycles. The first-order valence-corrected chi connectivity index (χ1v) is 16.9. The maximum absolute atomic E-state index is 2.53. The van der Waals surface area contributed by atoms with E-state index in [9.17, 15) is 0 Å². The second-order valence-electron chi connectivity index (χ2n) is 14.4. The van der Waals surface area contributed by atoms with Gasteiger partial charge in [-0.15, -0.1) is 0 Å². The molecule has 3 aromatic carbocycles. The van der Waals surface area contributed by atoms with Crippen LogP contribution < -0.4 is 0 Å². The number of aryl methyl sites for hydroxylation is 3. The highest BCUT2D eigenvalue weighted by molar-refractivity contribution is 5.45. The van der Waals surface area contributed by atoms with Crippen molar-refractivity contribution >= 4 is 0 Å². The predicted octanol–water partition coefficient (Wildman–Crippen LogP) is 12.0. The van der Waals surface area contributed by atoms with E-state index in [0.29, 0.717) is 0 Å². The monoisotopic (exact) mass is 550 g/mol. The molecule has 0 N–H and O–H groups in total. The Morgan fingerprint density at radius 2 is 1.32 bits per heavy atom. The van der Waals surface area contributed by atoms with Gasteiger partial charge < -0.3 is 0 Å². The third kappa shape index (κ3) is 8.83. The molecule has 2 fully saturated rings. The van der Waals surface area contributed by atoms with Crippen molar-refractivity contribution in [3.8, 4) is 0 Å². The van der Waals surface area contributed by atoms with E-state index in [1.165, 1.54) is 103 Å². The Labute approximate surface area is 253 Å². The van der Waals surface area contributed by atoms with Crippen molar-refractivity contribution in [3.63, 3.8) is 0 Å². The zero-order valence-electron chi connectivity index (χ0n) is 27.5. The van der Waals surface area contributed by atoms with E-state index in [1.54, 1.807) is 11.1 Å². The van der Waals surface area contributed by atoms with Gasteiger partial charge in [-0.05, 0) is 113 Å². The summed E-state index contributed by atoms with van der Waals surface area (Å²) in [5, 5.41) is 0. The summed E-state index contributed by atoms with van der Waals surface area (Å²) in [6, 6.07) is 21.4. The molecule has 0 aromatic heterocycles. The van der Waals surface area contributed by atoms with Gasteiger partial charge in [0.15, 0.2) is 0 Å². The zero-order chi connectivity index (χ0) is 29.4. The third-order valence-electron chi connectivity index (χ3n) is 9.88. The van der Waals surface area contributed by atoms with E-state index in [1.807, 2.05) is 0 Å². The normalized spacial score (nSPS) is 16.8. The van der Waals surface area contributed by atoms with Gasteiger partial charge in [0.05, 0.1) is 0 Å². The van der Waals surface area contributed by atoms with E-state index < -0.39 is 0 Å². The highest BCUT2D eigenvalue weighted by atomic mass is 14.3. The molecular weight excluding hydrogens is 492 g/mol. The summed E-state index contributed by atoms with van der Waals surface area (Å²) in [4.78, 5) is 0. The largest absolute Gasteiger partial charge is 0.0625 e. The predicted molar refractivity (Wildman–Crippen MR) is 181 cm³/mol. The Morgan fingerprint density at radius 1 is 0.634 bits per heavy atom. The van der Waals surface area contributed by atoms with Crippen LogP contribution in [0.15, 0.2) is 54.6 Å².